The van der Waals surface area contributed by atoms with Gasteiger partial charge in [-0.1, -0.05) is 53.2 Å². The molecule has 0 aliphatic carbocycles. The van der Waals surface area contributed by atoms with E-state index in [1.807, 2.05) is 49.2 Å². The summed E-state index contributed by atoms with van der Waals surface area (Å²) in [5.41, 5.74) is 2.49. The highest BCUT2D eigenvalue weighted by molar-refractivity contribution is 9.08. The molecule has 1 aliphatic rings. The van der Waals surface area contributed by atoms with E-state index in [1.165, 1.54) is 0 Å². The van der Waals surface area contributed by atoms with E-state index in [2.05, 4.69) is 20.8 Å². The van der Waals surface area contributed by atoms with Gasteiger partial charge in [0.25, 0.3) is 0 Å². The molecular weight excluding hydrogens is 348 g/mol. The molecule has 0 saturated carbocycles. The van der Waals surface area contributed by atoms with Gasteiger partial charge in [-0.3, -0.25) is 4.89 Å². The highest BCUT2D eigenvalue weighted by Gasteiger charge is 2.35. The van der Waals surface area contributed by atoms with Crippen LogP contribution in [-0.2, 0) is 16.1 Å². The van der Waals surface area contributed by atoms with Crippen molar-refractivity contribution < 1.29 is 19.7 Å². The summed E-state index contributed by atoms with van der Waals surface area (Å²) in [6.07, 6.45) is 0.768. The zero-order valence-corrected chi connectivity index (χ0v) is 14.0. The number of halogens is 1. The molecule has 4 nitrogen and oxygen atoms in total. The third-order valence-corrected chi connectivity index (χ3v) is 3.60. The van der Waals surface area contributed by atoms with Gasteiger partial charge in [-0.05, 0) is 30.0 Å². The topological polar surface area (TPSA) is 55.8 Å². The van der Waals surface area contributed by atoms with Crippen LogP contribution in [0.3, 0.4) is 0 Å². The van der Waals surface area contributed by atoms with Gasteiger partial charge in [-0.2, -0.15) is 5.26 Å². The fraction of sp³-hybridized carbons (Fsp3) is 0.235. The number of ether oxygens (including phenoxy) is 1. The summed E-state index contributed by atoms with van der Waals surface area (Å²) in [6.45, 7) is 2.01. The second-order valence-corrected chi connectivity index (χ2v) is 4.67. The molecule has 0 amide bonds. The lowest BCUT2D eigenvalue weighted by molar-refractivity contribution is -0.235. The van der Waals surface area contributed by atoms with Crippen LogP contribution in [0.5, 0.6) is 11.5 Å². The largest absolute Gasteiger partial charge is 0.457 e. The molecule has 0 bridgehead atoms. The second-order valence-electron chi connectivity index (χ2n) is 4.67. The molecule has 1 heterocycles. The Morgan fingerprint density at radius 2 is 1.86 bits per heavy atom. The number of para-hydroxylation sites is 1. The summed E-state index contributed by atoms with van der Waals surface area (Å²) in [5.74, 6) is 1.72. The van der Waals surface area contributed by atoms with Crippen LogP contribution in [0.1, 0.15) is 29.5 Å². The van der Waals surface area contributed by atoms with Crippen molar-refractivity contribution in [1.29, 1.82) is 0 Å². The molecule has 1 aliphatic heterocycles. The number of carbonyl (C=O) groups excluding carboxylic acids is 1. The fourth-order valence-corrected chi connectivity index (χ4v) is 2.70. The van der Waals surface area contributed by atoms with Gasteiger partial charge >= 0.3 is 5.97 Å². The van der Waals surface area contributed by atoms with Gasteiger partial charge in [0.15, 0.2) is 0 Å². The van der Waals surface area contributed by atoms with Crippen molar-refractivity contribution >= 4 is 21.9 Å². The van der Waals surface area contributed by atoms with Crippen molar-refractivity contribution in [3.63, 3.8) is 0 Å². The van der Waals surface area contributed by atoms with E-state index in [0.29, 0.717) is 17.1 Å². The maximum Gasteiger partial charge on any atom is 0.354 e. The smallest absolute Gasteiger partial charge is 0.354 e. The van der Waals surface area contributed by atoms with Crippen molar-refractivity contribution in [1.82, 2.24) is 0 Å². The minimum atomic E-state index is -0.692. The Hall–Kier alpha value is -1.85. The van der Waals surface area contributed by atoms with Crippen LogP contribution in [0.25, 0.3) is 0 Å². The van der Waals surface area contributed by atoms with Gasteiger partial charge in [0.1, 0.15) is 17.4 Å². The quantitative estimate of drug-likeness (QED) is 0.483. The molecule has 1 N–H and O–H groups in total. The zero-order chi connectivity index (χ0) is 16.1. The van der Waals surface area contributed by atoms with Gasteiger partial charge in [0.2, 0.25) is 0 Å². The Morgan fingerprint density at radius 3 is 2.55 bits per heavy atom. The van der Waals surface area contributed by atoms with Crippen LogP contribution in [0.15, 0.2) is 42.5 Å². The molecule has 0 radical (unpaired) electrons. The van der Waals surface area contributed by atoms with Crippen LogP contribution in [0.2, 0.25) is 0 Å². The first-order valence-electron chi connectivity index (χ1n) is 6.88. The van der Waals surface area contributed by atoms with E-state index in [0.717, 1.165) is 17.5 Å². The second kappa shape index (κ2) is 7.42. The van der Waals surface area contributed by atoms with Crippen molar-refractivity contribution in [3.8, 4) is 11.5 Å². The first-order valence-corrected chi connectivity index (χ1v) is 8.46. The minimum absolute atomic E-state index is 0.614. The molecule has 2 aromatic carbocycles. The standard InChI is InChI=1S/C16H14O4.CH3Br/c1-2-10-6-5-9-13-14(10)15(16(17)20-18)11-7-3-4-8-12(11)19-13;1-2/h3-9,15,18H,2H2,1H3;1H3. The number of aryl methyl sites for hydroxylation is 1. The van der Waals surface area contributed by atoms with Crippen molar-refractivity contribution in [2.45, 2.75) is 19.3 Å². The van der Waals surface area contributed by atoms with E-state index in [4.69, 9.17) is 9.99 Å². The number of hydrogen-bond acceptors (Lipinski definition) is 4. The summed E-state index contributed by atoms with van der Waals surface area (Å²) in [5, 5.41) is 8.81. The molecular formula is C17H17BrO4. The maximum atomic E-state index is 12.0. The molecule has 1 unspecified atom stereocenters. The maximum absolute atomic E-state index is 12.0. The van der Waals surface area contributed by atoms with Crippen LogP contribution in [-0.4, -0.2) is 17.1 Å². The molecule has 5 heteroatoms. The molecule has 2 aromatic rings. The Morgan fingerprint density at radius 1 is 1.18 bits per heavy atom. The van der Waals surface area contributed by atoms with Gasteiger partial charge in [-0.15, -0.1) is 0 Å². The molecule has 0 aromatic heterocycles. The molecule has 0 saturated heterocycles. The normalized spacial score (nSPS) is 14.6. The zero-order valence-electron chi connectivity index (χ0n) is 12.4. The lowest BCUT2D eigenvalue weighted by Crippen LogP contribution is -2.21. The summed E-state index contributed by atoms with van der Waals surface area (Å²) >= 11 is 2.94. The number of fused-ring (bicyclic) bond motifs is 2. The average Bonchev–Trinajstić information content (AvgIpc) is 2.60. The average molecular weight is 365 g/mol. The Bertz CT molecular complexity index is 669. The Balaban J connectivity index is 0.000000847. The van der Waals surface area contributed by atoms with Crippen LogP contribution in [0.4, 0.5) is 0 Å². The van der Waals surface area contributed by atoms with Gasteiger partial charge < -0.3 is 4.74 Å². The van der Waals surface area contributed by atoms with E-state index < -0.39 is 11.9 Å². The number of carbonyl (C=O) groups is 1. The van der Waals surface area contributed by atoms with Crippen molar-refractivity contribution in [3.05, 3.63) is 59.2 Å². The number of benzene rings is 2. The van der Waals surface area contributed by atoms with E-state index in [9.17, 15) is 4.79 Å². The first kappa shape index (κ1) is 16.5. The van der Waals surface area contributed by atoms with Gasteiger partial charge in [0.05, 0.1) is 0 Å². The summed E-state index contributed by atoms with van der Waals surface area (Å²) in [6, 6.07) is 13.0. The van der Waals surface area contributed by atoms with E-state index >= 15 is 0 Å². The SMILES string of the molecule is CBr.CCc1cccc2c1C(C(=O)OO)c1ccccc1O2. The fourth-order valence-electron chi connectivity index (χ4n) is 2.70. The van der Waals surface area contributed by atoms with Crippen LogP contribution >= 0.6 is 15.9 Å². The minimum Gasteiger partial charge on any atom is -0.457 e. The van der Waals surface area contributed by atoms with Crippen molar-refractivity contribution in [2.75, 3.05) is 5.83 Å². The first-order chi connectivity index (χ1) is 10.8. The predicted molar refractivity (Wildman–Crippen MR) is 87.8 cm³/mol. The molecule has 1 atom stereocenters. The third kappa shape index (κ3) is 2.87. The molecule has 22 heavy (non-hydrogen) atoms. The molecule has 116 valence electrons. The highest BCUT2D eigenvalue weighted by atomic mass is 79.9. The van der Waals surface area contributed by atoms with E-state index in [-0.39, 0.29) is 0 Å². The molecule has 0 spiro atoms. The van der Waals surface area contributed by atoms with Gasteiger partial charge in [0, 0.05) is 11.1 Å². The van der Waals surface area contributed by atoms with Gasteiger partial charge in [-0.25, -0.2) is 4.79 Å². The number of hydrogen-bond donors (Lipinski definition) is 1. The Kier molecular flexibility index (Phi) is 5.57. The summed E-state index contributed by atoms with van der Waals surface area (Å²) in [7, 11) is 0. The Labute approximate surface area is 137 Å². The third-order valence-electron chi connectivity index (χ3n) is 3.60. The lowest BCUT2D eigenvalue weighted by Gasteiger charge is -2.27. The van der Waals surface area contributed by atoms with Crippen LogP contribution in [0, 0.1) is 0 Å². The summed E-state index contributed by atoms with van der Waals surface area (Å²) < 4.78 is 5.86. The van der Waals surface area contributed by atoms with Crippen LogP contribution < -0.4 is 4.74 Å². The predicted octanol–water partition coefficient (Wildman–Crippen LogP) is 4.51. The molecule has 0 fully saturated rings. The number of rotatable bonds is 2. The number of alkyl halides is 1. The lowest BCUT2D eigenvalue weighted by atomic mass is 9.84. The molecule has 3 rings (SSSR count). The highest BCUT2D eigenvalue weighted by Crippen LogP contribution is 2.45. The van der Waals surface area contributed by atoms with E-state index in [1.54, 1.807) is 6.07 Å². The van der Waals surface area contributed by atoms with Crippen molar-refractivity contribution in [2.24, 2.45) is 0 Å². The summed E-state index contributed by atoms with van der Waals surface area (Å²) in [4.78, 5) is 16.0. The monoisotopic (exact) mass is 364 g/mol.